The number of hydrogen-bond donors (Lipinski definition) is 3. The van der Waals surface area contributed by atoms with Gasteiger partial charge in [-0.2, -0.15) is 0 Å². The molecule has 3 heteroatoms. The quantitative estimate of drug-likeness (QED) is 0.422. The van der Waals surface area contributed by atoms with Crippen molar-refractivity contribution >= 4 is 0 Å². The van der Waals surface area contributed by atoms with Gasteiger partial charge in [0.25, 0.3) is 0 Å². The zero-order chi connectivity index (χ0) is 20.1. The molecular weight excluding hydrogens is 354 g/mol. The average Bonchev–Trinajstić information content (AvgIpc) is 2.80. The van der Waals surface area contributed by atoms with Crippen molar-refractivity contribution in [2.45, 2.75) is 89.4 Å². The largest absolute Gasteiger partial charge is 0.315 e. The Labute approximate surface area is 177 Å². The number of hydrogen-bond acceptors (Lipinski definition) is 3. The molecule has 4 aliphatic rings. The Bertz CT molecular complexity index is 603. The van der Waals surface area contributed by atoms with E-state index in [1.54, 1.807) is 11.1 Å². The van der Waals surface area contributed by atoms with E-state index >= 15 is 0 Å². The average molecular weight is 396 g/mol. The molecule has 0 aliphatic heterocycles. The molecule has 0 fully saturated rings. The molecule has 6 unspecified atom stereocenters. The van der Waals surface area contributed by atoms with Crippen LogP contribution in [0, 0.1) is 23.7 Å². The van der Waals surface area contributed by atoms with Crippen LogP contribution in [0.1, 0.15) is 77.0 Å². The van der Waals surface area contributed by atoms with Crippen LogP contribution in [0.4, 0.5) is 0 Å². The molecule has 0 saturated heterocycles. The monoisotopic (exact) mass is 395 g/mol. The van der Waals surface area contributed by atoms with Crippen molar-refractivity contribution in [1.29, 1.82) is 0 Å². The first-order chi connectivity index (χ1) is 14.2. The highest BCUT2D eigenvalue weighted by atomic mass is 15.1. The van der Waals surface area contributed by atoms with E-state index in [-0.39, 0.29) is 12.3 Å². The smallest absolute Gasteiger partial charge is 0.0622 e. The summed E-state index contributed by atoms with van der Waals surface area (Å²) in [4.78, 5) is 0. The van der Waals surface area contributed by atoms with Gasteiger partial charge in [-0.25, -0.2) is 0 Å². The van der Waals surface area contributed by atoms with Crippen molar-refractivity contribution in [2.24, 2.45) is 35.1 Å². The summed E-state index contributed by atoms with van der Waals surface area (Å²) >= 11 is 0. The highest BCUT2D eigenvalue weighted by Crippen LogP contribution is 2.35. The van der Waals surface area contributed by atoms with Gasteiger partial charge in [-0.1, -0.05) is 47.6 Å². The van der Waals surface area contributed by atoms with E-state index in [1.165, 1.54) is 64.2 Å². The van der Waals surface area contributed by atoms with Gasteiger partial charge in [0.15, 0.2) is 0 Å². The zero-order valence-electron chi connectivity index (χ0n) is 18.1. The van der Waals surface area contributed by atoms with Gasteiger partial charge >= 0.3 is 0 Å². The Morgan fingerprint density at radius 3 is 1.48 bits per heavy atom. The second-order valence-corrected chi connectivity index (χ2v) is 9.73. The second-order valence-electron chi connectivity index (χ2n) is 9.73. The van der Waals surface area contributed by atoms with Crippen molar-refractivity contribution in [1.82, 2.24) is 5.32 Å². The normalized spacial score (nSPS) is 35.0. The van der Waals surface area contributed by atoms with Crippen LogP contribution in [0.2, 0.25) is 0 Å². The Balaban J connectivity index is 1.26. The second kappa shape index (κ2) is 10.2. The van der Waals surface area contributed by atoms with E-state index in [9.17, 15) is 0 Å². The fourth-order valence-corrected chi connectivity index (χ4v) is 5.77. The molecule has 4 rings (SSSR count). The van der Waals surface area contributed by atoms with Crippen LogP contribution in [0.5, 0.6) is 0 Å². The van der Waals surface area contributed by atoms with E-state index in [0.29, 0.717) is 23.7 Å². The maximum Gasteiger partial charge on any atom is 0.0622 e. The van der Waals surface area contributed by atoms with Gasteiger partial charge < -0.3 is 11.5 Å². The summed E-state index contributed by atoms with van der Waals surface area (Å²) in [6, 6.07) is 0. The number of allylic oxidation sites excluding steroid dienone is 6. The lowest BCUT2D eigenvalue weighted by atomic mass is 9.79. The number of nitrogens with one attached hydrogen (secondary N) is 1. The van der Waals surface area contributed by atoms with Crippen LogP contribution in [0.3, 0.4) is 0 Å². The molecule has 6 atom stereocenters. The highest BCUT2D eigenvalue weighted by Gasteiger charge is 2.28. The first-order valence-corrected chi connectivity index (χ1v) is 12.2. The molecule has 4 aliphatic carbocycles. The van der Waals surface area contributed by atoms with Crippen LogP contribution < -0.4 is 16.8 Å². The van der Waals surface area contributed by atoms with E-state index in [1.807, 2.05) is 0 Å². The van der Waals surface area contributed by atoms with Crippen molar-refractivity contribution in [3.8, 4) is 0 Å². The molecule has 0 aromatic heterocycles. The van der Waals surface area contributed by atoms with Gasteiger partial charge in [0.05, 0.1) is 12.3 Å². The SMILES string of the molecule is NC(NC(N)C1C=CC(C2=CCCCC2)CC1)C1C=CC(C2=CCCCC2)CC1. The molecular formula is C26H41N3. The van der Waals surface area contributed by atoms with E-state index < -0.39 is 0 Å². The lowest BCUT2D eigenvalue weighted by Crippen LogP contribution is -2.55. The molecule has 0 bridgehead atoms. The molecule has 0 spiro atoms. The minimum absolute atomic E-state index is 0.0466. The minimum atomic E-state index is -0.0466. The standard InChI is InChI=1S/C26H41N3/c27-25(23-15-11-21(12-16-23)19-7-3-1-4-8-19)29-26(28)24-17-13-22(14-18-24)20-9-5-2-6-10-20/h7,9,11,13,15,17,21-26,29H,1-6,8,10,12,14,16,18,27-28H2. The van der Waals surface area contributed by atoms with Crippen LogP contribution >= 0.6 is 0 Å². The zero-order valence-corrected chi connectivity index (χ0v) is 18.1. The van der Waals surface area contributed by atoms with Gasteiger partial charge in [0, 0.05) is 11.8 Å². The van der Waals surface area contributed by atoms with E-state index in [2.05, 4.69) is 41.8 Å². The Morgan fingerprint density at radius 1 is 0.655 bits per heavy atom. The van der Waals surface area contributed by atoms with Crippen LogP contribution in [-0.4, -0.2) is 12.3 Å². The number of nitrogens with two attached hydrogens (primary N) is 2. The van der Waals surface area contributed by atoms with Gasteiger partial charge in [0.1, 0.15) is 0 Å². The highest BCUT2D eigenvalue weighted by molar-refractivity contribution is 5.19. The third kappa shape index (κ3) is 5.51. The van der Waals surface area contributed by atoms with Gasteiger partial charge in [-0.3, -0.25) is 5.32 Å². The van der Waals surface area contributed by atoms with Gasteiger partial charge in [-0.05, 0) is 88.9 Å². The maximum absolute atomic E-state index is 6.53. The summed E-state index contributed by atoms with van der Waals surface area (Å²) in [5.74, 6) is 2.10. The molecule has 0 aromatic carbocycles. The Kier molecular flexibility index (Phi) is 7.44. The summed E-state index contributed by atoms with van der Waals surface area (Å²) < 4.78 is 0. The summed E-state index contributed by atoms with van der Waals surface area (Å²) in [5.41, 5.74) is 16.4. The molecule has 0 saturated carbocycles. The van der Waals surface area contributed by atoms with E-state index in [0.717, 1.165) is 12.8 Å². The van der Waals surface area contributed by atoms with Crippen molar-refractivity contribution in [3.05, 3.63) is 47.6 Å². The molecule has 5 N–H and O–H groups in total. The predicted molar refractivity (Wildman–Crippen MR) is 123 cm³/mol. The summed E-state index contributed by atoms with van der Waals surface area (Å²) in [6.45, 7) is 0. The Hall–Kier alpha value is -1.16. The van der Waals surface area contributed by atoms with Crippen molar-refractivity contribution in [3.63, 3.8) is 0 Å². The van der Waals surface area contributed by atoms with Crippen molar-refractivity contribution in [2.75, 3.05) is 0 Å². The molecule has 3 nitrogen and oxygen atoms in total. The predicted octanol–water partition coefficient (Wildman–Crippen LogP) is 5.31. The summed E-state index contributed by atoms with van der Waals surface area (Å²) in [5, 5.41) is 3.53. The Morgan fingerprint density at radius 2 is 1.14 bits per heavy atom. The molecule has 0 amide bonds. The van der Waals surface area contributed by atoms with Crippen LogP contribution in [0.25, 0.3) is 0 Å². The molecule has 29 heavy (non-hydrogen) atoms. The van der Waals surface area contributed by atoms with Crippen LogP contribution in [-0.2, 0) is 0 Å². The fraction of sp³-hybridized carbons (Fsp3) is 0.692. The molecule has 0 radical (unpaired) electrons. The molecule has 0 aromatic rings. The lowest BCUT2D eigenvalue weighted by molar-refractivity contribution is 0.285. The first kappa shape index (κ1) is 21.1. The molecule has 0 heterocycles. The van der Waals surface area contributed by atoms with E-state index in [4.69, 9.17) is 11.5 Å². The maximum atomic E-state index is 6.53. The third-order valence-corrected chi connectivity index (χ3v) is 7.72. The summed E-state index contributed by atoms with van der Waals surface area (Å²) in [7, 11) is 0. The third-order valence-electron chi connectivity index (χ3n) is 7.72. The fourth-order valence-electron chi connectivity index (χ4n) is 5.77. The van der Waals surface area contributed by atoms with Gasteiger partial charge in [-0.15, -0.1) is 0 Å². The topological polar surface area (TPSA) is 64.1 Å². The lowest BCUT2D eigenvalue weighted by Gasteiger charge is -2.34. The molecule has 160 valence electrons. The summed E-state index contributed by atoms with van der Waals surface area (Å²) in [6.07, 6.45) is 29.8. The number of rotatable bonds is 6. The van der Waals surface area contributed by atoms with Crippen LogP contribution in [0.15, 0.2) is 47.6 Å². The first-order valence-electron chi connectivity index (χ1n) is 12.2. The van der Waals surface area contributed by atoms with Crippen molar-refractivity contribution < 1.29 is 0 Å². The minimum Gasteiger partial charge on any atom is -0.315 e. The van der Waals surface area contributed by atoms with Gasteiger partial charge in [0.2, 0.25) is 0 Å².